The third-order valence-electron chi connectivity index (χ3n) is 3.34. The number of methoxy groups -OCH3 is 1. The monoisotopic (exact) mass is 343 g/mol. The number of allylic oxidation sites excluding steroid dienone is 1. The first-order chi connectivity index (χ1) is 11.3. The molecule has 126 valence electrons. The number of aromatic nitrogens is 1. The van der Waals surface area contributed by atoms with Crippen LogP contribution in [0, 0.1) is 5.41 Å². The Morgan fingerprint density at radius 1 is 1.25 bits per heavy atom. The maximum atomic E-state index is 12.0. The molecule has 0 unspecified atom stereocenters. The minimum absolute atomic E-state index is 0.0175. The molecule has 0 aliphatic rings. The second kappa shape index (κ2) is 7.45. The van der Waals surface area contributed by atoms with Crippen LogP contribution in [0.1, 0.15) is 26.3 Å². The van der Waals surface area contributed by atoms with Gasteiger partial charge in [0.2, 0.25) is 0 Å². The maximum absolute atomic E-state index is 12.0. The number of benzene rings is 1. The van der Waals surface area contributed by atoms with Crippen molar-refractivity contribution in [3.8, 4) is 5.75 Å². The van der Waals surface area contributed by atoms with Crippen LogP contribution in [0.3, 0.4) is 0 Å². The van der Waals surface area contributed by atoms with Crippen LogP contribution in [0.5, 0.6) is 5.75 Å². The Morgan fingerprint density at radius 2 is 1.96 bits per heavy atom. The molecule has 0 radical (unpaired) electrons. The largest absolute Gasteiger partial charge is 0.496 e. The smallest absolute Gasteiger partial charge is 0.266 e. The molecule has 2 rings (SSSR count). The number of aromatic amines is 1. The minimum atomic E-state index is -0.464. The Balaban J connectivity index is 2.32. The van der Waals surface area contributed by atoms with Crippen molar-refractivity contribution >= 4 is 35.3 Å². The van der Waals surface area contributed by atoms with Gasteiger partial charge in [-0.1, -0.05) is 51.1 Å². The molecule has 0 bridgehead atoms. The molecule has 0 spiro atoms. The molecule has 0 fully saturated rings. The quantitative estimate of drug-likeness (QED) is 0.927. The van der Waals surface area contributed by atoms with E-state index in [-0.39, 0.29) is 11.3 Å². The lowest BCUT2D eigenvalue weighted by atomic mass is 9.91. The summed E-state index contributed by atoms with van der Waals surface area (Å²) >= 11 is 1.27. The van der Waals surface area contributed by atoms with E-state index in [1.807, 2.05) is 51.1 Å². The number of hydrogen-bond donors (Lipinski definition) is 1. The summed E-state index contributed by atoms with van der Waals surface area (Å²) in [5, 5.41) is 0. The van der Waals surface area contributed by atoms with Crippen molar-refractivity contribution in [2.24, 2.45) is 5.41 Å². The van der Waals surface area contributed by atoms with Gasteiger partial charge in [-0.05, 0) is 12.1 Å². The molecule has 0 amide bonds. The zero-order chi connectivity index (χ0) is 17.7. The third kappa shape index (κ3) is 4.55. The molecule has 2 aromatic rings. The molecule has 1 N–H and O–H groups in total. The molecular weight excluding hydrogens is 322 g/mol. The van der Waals surface area contributed by atoms with Gasteiger partial charge in [-0.25, -0.2) is 0 Å². The van der Waals surface area contributed by atoms with Crippen molar-refractivity contribution in [2.45, 2.75) is 20.8 Å². The molecule has 4 nitrogen and oxygen atoms in total. The van der Waals surface area contributed by atoms with Crippen LogP contribution in [0.2, 0.25) is 0 Å². The zero-order valence-electron chi connectivity index (χ0n) is 14.3. The summed E-state index contributed by atoms with van der Waals surface area (Å²) < 4.78 is 6.40. The lowest BCUT2D eigenvalue weighted by molar-refractivity contribution is -0.119. The minimum Gasteiger partial charge on any atom is -0.496 e. The van der Waals surface area contributed by atoms with E-state index in [9.17, 15) is 9.59 Å². The Bertz CT molecular complexity index is 926. The fourth-order valence-corrected chi connectivity index (χ4v) is 2.75. The van der Waals surface area contributed by atoms with Crippen LogP contribution < -0.4 is 19.5 Å². The SMILES string of the molecule is COc1ccccc1/C=C/C=c1/s/c(=C/C(=O)C(C)(C)C)[nH]c1=O. The molecule has 0 aliphatic carbocycles. The van der Waals surface area contributed by atoms with Crippen LogP contribution in [0.25, 0.3) is 18.2 Å². The molecule has 0 saturated carbocycles. The number of H-pyrrole nitrogens is 1. The van der Waals surface area contributed by atoms with Crippen molar-refractivity contribution in [3.63, 3.8) is 0 Å². The lowest BCUT2D eigenvalue weighted by Crippen LogP contribution is -2.21. The first-order valence-electron chi connectivity index (χ1n) is 7.58. The lowest BCUT2D eigenvalue weighted by Gasteiger charge is -2.12. The zero-order valence-corrected chi connectivity index (χ0v) is 15.1. The van der Waals surface area contributed by atoms with E-state index in [1.165, 1.54) is 17.4 Å². The van der Waals surface area contributed by atoms with Gasteiger partial charge in [0.1, 0.15) is 5.75 Å². The molecule has 24 heavy (non-hydrogen) atoms. The second-order valence-corrected chi connectivity index (χ2v) is 7.39. The second-order valence-electron chi connectivity index (χ2n) is 6.31. The van der Waals surface area contributed by atoms with Gasteiger partial charge in [-0.2, -0.15) is 0 Å². The highest BCUT2D eigenvalue weighted by Gasteiger charge is 2.18. The fraction of sp³-hybridized carbons (Fsp3) is 0.263. The van der Waals surface area contributed by atoms with Gasteiger partial charge < -0.3 is 9.72 Å². The number of rotatable bonds is 4. The molecule has 0 aliphatic heterocycles. The molecule has 1 aromatic carbocycles. The van der Waals surface area contributed by atoms with E-state index in [4.69, 9.17) is 4.74 Å². The van der Waals surface area contributed by atoms with Crippen LogP contribution >= 0.6 is 11.3 Å². The summed E-state index contributed by atoms with van der Waals surface area (Å²) in [6, 6.07) is 7.63. The van der Waals surface area contributed by atoms with E-state index in [2.05, 4.69) is 4.98 Å². The van der Waals surface area contributed by atoms with Crippen LogP contribution in [0.4, 0.5) is 0 Å². The summed E-state index contributed by atoms with van der Waals surface area (Å²) in [6.45, 7) is 5.54. The Labute approximate surface area is 144 Å². The summed E-state index contributed by atoms with van der Waals surface area (Å²) in [6.07, 6.45) is 6.90. The van der Waals surface area contributed by atoms with Crippen molar-refractivity contribution in [2.75, 3.05) is 7.11 Å². The fourth-order valence-electron chi connectivity index (χ4n) is 1.92. The molecule has 1 heterocycles. The average Bonchev–Trinajstić information content (AvgIpc) is 2.86. The molecule has 5 heteroatoms. The van der Waals surface area contributed by atoms with Gasteiger partial charge in [0.15, 0.2) is 5.78 Å². The molecule has 0 saturated heterocycles. The van der Waals surface area contributed by atoms with E-state index >= 15 is 0 Å². The Hall–Kier alpha value is -2.40. The van der Waals surface area contributed by atoms with E-state index < -0.39 is 5.41 Å². The topological polar surface area (TPSA) is 59.2 Å². The summed E-state index contributed by atoms with van der Waals surface area (Å²) in [5.74, 6) is 0.753. The first-order valence-corrected chi connectivity index (χ1v) is 8.39. The standard InChI is InChI=1S/C19H21NO3S/c1-19(2,3)16(21)12-17-20-18(22)15(24-17)11-7-9-13-8-5-6-10-14(13)23-4/h5-12H,1-4H3,(H,20,22)/b9-7+,15-11+,17-12+. The first kappa shape index (κ1) is 17.9. The predicted octanol–water partition coefficient (Wildman–Crippen LogP) is 2.33. The average molecular weight is 343 g/mol. The predicted molar refractivity (Wildman–Crippen MR) is 99.6 cm³/mol. The summed E-state index contributed by atoms with van der Waals surface area (Å²) in [7, 11) is 1.62. The van der Waals surface area contributed by atoms with Gasteiger partial charge in [-0.15, -0.1) is 11.3 Å². The normalized spacial score (nSPS) is 13.7. The number of nitrogens with one attached hydrogen (secondary N) is 1. The van der Waals surface area contributed by atoms with E-state index in [1.54, 1.807) is 19.3 Å². The van der Waals surface area contributed by atoms with Gasteiger partial charge in [0.05, 0.1) is 16.3 Å². The van der Waals surface area contributed by atoms with Crippen LogP contribution in [0.15, 0.2) is 35.1 Å². The third-order valence-corrected chi connectivity index (χ3v) is 4.33. The van der Waals surface area contributed by atoms with Crippen LogP contribution in [-0.2, 0) is 4.79 Å². The number of ether oxygens (including phenoxy) is 1. The van der Waals surface area contributed by atoms with E-state index in [0.29, 0.717) is 9.20 Å². The van der Waals surface area contributed by atoms with Crippen molar-refractivity contribution in [1.82, 2.24) is 4.98 Å². The maximum Gasteiger partial charge on any atom is 0.266 e. The summed E-state index contributed by atoms with van der Waals surface area (Å²) in [5.41, 5.74) is 0.269. The highest BCUT2D eigenvalue weighted by atomic mass is 32.1. The van der Waals surface area contributed by atoms with Crippen LogP contribution in [-0.4, -0.2) is 17.9 Å². The van der Waals surface area contributed by atoms with Gasteiger partial charge in [0.25, 0.3) is 5.56 Å². The van der Waals surface area contributed by atoms with Crippen molar-refractivity contribution < 1.29 is 9.53 Å². The van der Waals surface area contributed by atoms with E-state index in [0.717, 1.165) is 11.3 Å². The number of Topliss-reactive ketones (excluding diaryl/α,β-unsaturated/α-hetero) is 1. The highest BCUT2D eigenvalue weighted by molar-refractivity contribution is 7.07. The molecule has 0 atom stereocenters. The number of para-hydroxylation sites is 1. The highest BCUT2D eigenvalue weighted by Crippen LogP contribution is 2.18. The van der Waals surface area contributed by atoms with Gasteiger partial charge in [-0.3, -0.25) is 9.59 Å². The number of ketones is 1. The number of carbonyl (C=O) groups excluding carboxylic acids is 1. The Morgan fingerprint density at radius 3 is 2.62 bits per heavy atom. The van der Waals surface area contributed by atoms with Gasteiger partial charge in [0, 0.05) is 17.1 Å². The number of carbonyl (C=O) groups is 1. The molecular formula is C19H21NO3S. The van der Waals surface area contributed by atoms with Gasteiger partial charge >= 0.3 is 0 Å². The number of hydrogen-bond acceptors (Lipinski definition) is 4. The molecule has 1 aromatic heterocycles. The number of thiazole rings is 1. The van der Waals surface area contributed by atoms with Crippen molar-refractivity contribution in [1.29, 1.82) is 0 Å². The van der Waals surface area contributed by atoms with Crippen molar-refractivity contribution in [3.05, 3.63) is 55.5 Å². The Kier molecular flexibility index (Phi) is 5.57. The summed E-state index contributed by atoms with van der Waals surface area (Å²) in [4.78, 5) is 26.7.